The fraction of sp³-hybridized carbons (Fsp3) is 0.533. The molecular weight excluding hydrogens is 358 g/mol. The van der Waals surface area contributed by atoms with Gasteiger partial charge in [-0.05, 0) is 47.0 Å². The van der Waals surface area contributed by atoms with E-state index in [9.17, 15) is 9.90 Å². The lowest BCUT2D eigenvalue weighted by Crippen LogP contribution is -2.40. The Morgan fingerprint density at radius 2 is 2.14 bits per heavy atom. The van der Waals surface area contributed by atoms with Crippen LogP contribution in [0.2, 0.25) is 5.02 Å². The number of amides is 1. The molecule has 1 fully saturated rings. The summed E-state index contributed by atoms with van der Waals surface area (Å²) in [6, 6.07) is 5.14. The van der Waals surface area contributed by atoms with E-state index in [1.54, 1.807) is 18.2 Å². The van der Waals surface area contributed by atoms with Crippen LogP contribution in [-0.2, 0) is 4.79 Å². The largest absolute Gasteiger partial charge is 0.483 e. The fourth-order valence-corrected chi connectivity index (χ4v) is 3.39. The van der Waals surface area contributed by atoms with Gasteiger partial charge in [-0.1, -0.05) is 24.4 Å². The summed E-state index contributed by atoms with van der Waals surface area (Å²) in [5.74, 6) is 0.392. The van der Waals surface area contributed by atoms with Crippen LogP contribution in [0.3, 0.4) is 0 Å². The highest BCUT2D eigenvalue weighted by molar-refractivity contribution is 9.10. The summed E-state index contributed by atoms with van der Waals surface area (Å²) in [5, 5.41) is 13.0. The Labute approximate surface area is 138 Å². The van der Waals surface area contributed by atoms with Gasteiger partial charge in [0.05, 0.1) is 11.1 Å². The number of halogens is 2. The molecule has 0 heterocycles. The Morgan fingerprint density at radius 3 is 2.76 bits per heavy atom. The van der Waals surface area contributed by atoms with E-state index >= 15 is 0 Å². The van der Waals surface area contributed by atoms with Crippen molar-refractivity contribution in [1.82, 2.24) is 5.32 Å². The zero-order valence-corrected chi connectivity index (χ0v) is 14.0. The molecule has 6 heteroatoms. The first kappa shape index (κ1) is 16.6. The number of benzene rings is 1. The van der Waals surface area contributed by atoms with Gasteiger partial charge >= 0.3 is 0 Å². The number of hydrogen-bond donors (Lipinski definition) is 2. The third-order valence-corrected chi connectivity index (χ3v) is 4.77. The predicted octanol–water partition coefficient (Wildman–Crippen LogP) is 3.15. The van der Waals surface area contributed by atoms with Gasteiger partial charge in [0.1, 0.15) is 5.75 Å². The second-order valence-corrected chi connectivity index (χ2v) is 6.80. The molecule has 0 unspecified atom stereocenters. The highest BCUT2D eigenvalue weighted by Gasteiger charge is 2.33. The van der Waals surface area contributed by atoms with Crippen LogP contribution in [0, 0.1) is 5.41 Å². The van der Waals surface area contributed by atoms with Crippen molar-refractivity contribution in [3.63, 3.8) is 0 Å². The Kier molecular flexibility index (Phi) is 5.90. The molecule has 2 N–H and O–H groups in total. The van der Waals surface area contributed by atoms with E-state index in [2.05, 4.69) is 21.2 Å². The SMILES string of the molecule is O=C(COc1ccc(Cl)cc1Br)NCC1(CO)CCCC1. The molecule has 21 heavy (non-hydrogen) atoms. The molecule has 0 radical (unpaired) electrons. The Bertz CT molecular complexity index is 504. The number of rotatable bonds is 6. The van der Waals surface area contributed by atoms with E-state index < -0.39 is 0 Å². The van der Waals surface area contributed by atoms with Crippen LogP contribution in [0.1, 0.15) is 25.7 Å². The second kappa shape index (κ2) is 7.47. The zero-order chi connectivity index (χ0) is 15.3. The first-order valence-electron chi connectivity index (χ1n) is 7.00. The van der Waals surface area contributed by atoms with E-state index in [-0.39, 0.29) is 24.5 Å². The van der Waals surface area contributed by atoms with Gasteiger partial charge in [0.2, 0.25) is 0 Å². The molecule has 2 rings (SSSR count). The summed E-state index contributed by atoms with van der Waals surface area (Å²) in [5.41, 5.74) is -0.142. The maximum atomic E-state index is 11.9. The van der Waals surface area contributed by atoms with Gasteiger partial charge < -0.3 is 15.2 Å². The number of nitrogens with one attached hydrogen (secondary N) is 1. The highest BCUT2D eigenvalue weighted by Crippen LogP contribution is 2.36. The van der Waals surface area contributed by atoms with E-state index in [1.165, 1.54) is 0 Å². The summed E-state index contributed by atoms with van der Waals surface area (Å²) in [4.78, 5) is 11.9. The van der Waals surface area contributed by atoms with Crippen LogP contribution in [0.5, 0.6) is 5.75 Å². The Hall–Kier alpha value is -0.780. The average molecular weight is 377 g/mol. The van der Waals surface area contributed by atoms with E-state index in [0.717, 1.165) is 25.7 Å². The standard InChI is InChI=1S/C15H19BrClNO3/c16-12-7-11(17)3-4-13(12)21-8-14(20)18-9-15(10-19)5-1-2-6-15/h3-4,7,19H,1-2,5-6,8-10H2,(H,18,20). The quantitative estimate of drug-likeness (QED) is 0.802. The van der Waals surface area contributed by atoms with Gasteiger partial charge in [0.25, 0.3) is 5.91 Å². The van der Waals surface area contributed by atoms with Crippen molar-refractivity contribution in [3.05, 3.63) is 27.7 Å². The summed E-state index contributed by atoms with van der Waals surface area (Å²) < 4.78 is 6.17. The maximum absolute atomic E-state index is 11.9. The van der Waals surface area contributed by atoms with Crippen molar-refractivity contribution in [3.8, 4) is 5.75 Å². The molecule has 0 bridgehead atoms. The summed E-state index contributed by atoms with van der Waals surface area (Å²) in [6.45, 7) is 0.575. The molecule has 1 aromatic carbocycles. The molecule has 0 aliphatic heterocycles. The first-order chi connectivity index (χ1) is 10.0. The minimum atomic E-state index is -0.184. The lowest BCUT2D eigenvalue weighted by atomic mass is 9.87. The third kappa shape index (κ3) is 4.59. The van der Waals surface area contributed by atoms with Crippen molar-refractivity contribution < 1.29 is 14.6 Å². The van der Waals surface area contributed by atoms with Crippen LogP contribution in [0.4, 0.5) is 0 Å². The topological polar surface area (TPSA) is 58.6 Å². The van der Waals surface area contributed by atoms with Gasteiger partial charge in [-0.3, -0.25) is 4.79 Å². The normalized spacial score (nSPS) is 16.7. The fourth-order valence-electron chi connectivity index (χ4n) is 2.59. The molecule has 0 atom stereocenters. The summed E-state index contributed by atoms with van der Waals surface area (Å²) in [7, 11) is 0. The van der Waals surface area contributed by atoms with E-state index in [0.29, 0.717) is 21.8 Å². The van der Waals surface area contributed by atoms with Crippen molar-refractivity contribution >= 4 is 33.4 Å². The molecule has 0 saturated heterocycles. The molecule has 1 aliphatic rings. The number of carbonyl (C=O) groups is 1. The number of aliphatic hydroxyl groups is 1. The maximum Gasteiger partial charge on any atom is 0.257 e. The average Bonchev–Trinajstić information content (AvgIpc) is 2.94. The van der Waals surface area contributed by atoms with Crippen molar-refractivity contribution in [2.45, 2.75) is 25.7 Å². The van der Waals surface area contributed by atoms with E-state index in [1.807, 2.05) is 0 Å². The van der Waals surface area contributed by atoms with E-state index in [4.69, 9.17) is 16.3 Å². The van der Waals surface area contributed by atoms with Crippen molar-refractivity contribution in [2.24, 2.45) is 5.41 Å². The Balaban J connectivity index is 1.79. The van der Waals surface area contributed by atoms with Crippen LogP contribution < -0.4 is 10.1 Å². The third-order valence-electron chi connectivity index (χ3n) is 3.91. The molecule has 1 aliphatic carbocycles. The molecule has 116 valence electrons. The van der Waals surface area contributed by atoms with Crippen molar-refractivity contribution in [1.29, 1.82) is 0 Å². The van der Waals surface area contributed by atoms with Crippen LogP contribution in [0.15, 0.2) is 22.7 Å². The lowest BCUT2D eigenvalue weighted by molar-refractivity contribution is -0.123. The van der Waals surface area contributed by atoms with Gasteiger partial charge in [-0.25, -0.2) is 0 Å². The lowest BCUT2D eigenvalue weighted by Gasteiger charge is -2.26. The number of hydrogen-bond acceptors (Lipinski definition) is 3. The van der Waals surface area contributed by atoms with Crippen LogP contribution in [0.25, 0.3) is 0 Å². The van der Waals surface area contributed by atoms with Gasteiger partial charge in [-0.15, -0.1) is 0 Å². The minimum absolute atomic E-state index is 0.0538. The summed E-state index contributed by atoms with van der Waals surface area (Å²) in [6.07, 6.45) is 4.16. The smallest absolute Gasteiger partial charge is 0.257 e. The predicted molar refractivity (Wildman–Crippen MR) is 85.6 cm³/mol. The number of aliphatic hydroxyl groups excluding tert-OH is 1. The second-order valence-electron chi connectivity index (χ2n) is 5.51. The molecular formula is C15H19BrClNO3. The molecule has 1 aromatic rings. The molecule has 0 aromatic heterocycles. The highest BCUT2D eigenvalue weighted by atomic mass is 79.9. The molecule has 1 amide bonds. The minimum Gasteiger partial charge on any atom is -0.483 e. The molecule has 4 nitrogen and oxygen atoms in total. The molecule has 0 spiro atoms. The van der Waals surface area contributed by atoms with Crippen molar-refractivity contribution in [2.75, 3.05) is 19.8 Å². The number of ether oxygens (including phenoxy) is 1. The Morgan fingerprint density at radius 1 is 1.43 bits per heavy atom. The monoisotopic (exact) mass is 375 g/mol. The zero-order valence-electron chi connectivity index (χ0n) is 11.7. The van der Waals surface area contributed by atoms with Crippen LogP contribution in [-0.4, -0.2) is 30.8 Å². The van der Waals surface area contributed by atoms with Gasteiger partial charge in [0.15, 0.2) is 6.61 Å². The molecule has 1 saturated carbocycles. The summed E-state index contributed by atoms with van der Waals surface area (Å²) >= 11 is 9.18. The number of carbonyl (C=O) groups excluding carboxylic acids is 1. The van der Waals surface area contributed by atoms with Crippen LogP contribution >= 0.6 is 27.5 Å². The van der Waals surface area contributed by atoms with Gasteiger partial charge in [0, 0.05) is 17.0 Å². The first-order valence-corrected chi connectivity index (χ1v) is 8.17. The van der Waals surface area contributed by atoms with Gasteiger partial charge in [-0.2, -0.15) is 0 Å².